The number of halogens is 1. The molecule has 29 heavy (non-hydrogen) atoms. The van der Waals surface area contributed by atoms with Gasteiger partial charge in [-0.1, -0.05) is 23.7 Å². The van der Waals surface area contributed by atoms with Crippen molar-refractivity contribution in [3.05, 3.63) is 53.1 Å². The third-order valence-electron chi connectivity index (χ3n) is 4.60. The molecule has 0 aromatic heterocycles. The number of benzene rings is 2. The van der Waals surface area contributed by atoms with Gasteiger partial charge in [-0.3, -0.25) is 14.5 Å². The van der Waals surface area contributed by atoms with E-state index in [9.17, 15) is 14.4 Å². The van der Waals surface area contributed by atoms with Gasteiger partial charge in [-0.25, -0.2) is 4.79 Å². The summed E-state index contributed by atoms with van der Waals surface area (Å²) in [5, 5.41) is 5.68. The molecule has 150 valence electrons. The maximum Gasteiger partial charge on any atom is 0.414 e. The molecule has 2 aromatic carbocycles. The second-order valence-electron chi connectivity index (χ2n) is 6.65. The Hall–Kier alpha value is -2.71. The van der Waals surface area contributed by atoms with E-state index in [1.807, 2.05) is 30.3 Å². The quantitative estimate of drug-likeness (QED) is 0.757. The van der Waals surface area contributed by atoms with Crippen LogP contribution >= 0.6 is 23.4 Å². The van der Waals surface area contributed by atoms with E-state index in [4.69, 9.17) is 16.3 Å². The summed E-state index contributed by atoms with van der Waals surface area (Å²) < 4.78 is 4.95. The van der Waals surface area contributed by atoms with Crippen LogP contribution in [-0.4, -0.2) is 36.3 Å². The van der Waals surface area contributed by atoms with Crippen LogP contribution in [0.2, 0.25) is 5.02 Å². The number of thioether (sulfide) groups is 1. The van der Waals surface area contributed by atoms with E-state index in [0.29, 0.717) is 30.4 Å². The molecule has 1 unspecified atom stereocenters. The van der Waals surface area contributed by atoms with Crippen LogP contribution in [0, 0.1) is 0 Å². The first-order chi connectivity index (χ1) is 14.0. The van der Waals surface area contributed by atoms with E-state index in [1.165, 1.54) is 11.8 Å². The SMILES string of the molecule is O=C(CC1Sc2ccc(Cl)cc2NC1=O)NCc1cccc(N2CCOC2=O)c1. The zero-order chi connectivity index (χ0) is 20.4. The van der Waals surface area contributed by atoms with E-state index in [2.05, 4.69) is 10.6 Å². The Labute approximate surface area is 176 Å². The van der Waals surface area contributed by atoms with Gasteiger partial charge in [0.15, 0.2) is 0 Å². The number of ether oxygens (including phenoxy) is 1. The van der Waals surface area contributed by atoms with Crippen LogP contribution in [0.1, 0.15) is 12.0 Å². The van der Waals surface area contributed by atoms with Gasteiger partial charge in [-0.05, 0) is 35.9 Å². The number of amides is 3. The highest BCUT2D eigenvalue weighted by molar-refractivity contribution is 8.01. The average Bonchev–Trinajstić information content (AvgIpc) is 3.13. The summed E-state index contributed by atoms with van der Waals surface area (Å²) in [5.41, 5.74) is 2.26. The summed E-state index contributed by atoms with van der Waals surface area (Å²) in [5.74, 6) is -0.435. The lowest BCUT2D eigenvalue weighted by Crippen LogP contribution is -2.34. The van der Waals surface area contributed by atoms with Crippen LogP contribution in [0.15, 0.2) is 47.4 Å². The number of carbonyl (C=O) groups is 3. The van der Waals surface area contributed by atoms with Crippen LogP contribution in [0.4, 0.5) is 16.2 Å². The Balaban J connectivity index is 1.34. The monoisotopic (exact) mass is 431 g/mol. The van der Waals surface area contributed by atoms with Crippen molar-refractivity contribution >= 4 is 52.6 Å². The molecule has 4 rings (SSSR count). The van der Waals surface area contributed by atoms with Crippen LogP contribution < -0.4 is 15.5 Å². The molecular weight excluding hydrogens is 414 g/mol. The van der Waals surface area contributed by atoms with Gasteiger partial charge < -0.3 is 15.4 Å². The summed E-state index contributed by atoms with van der Waals surface area (Å²) in [6.07, 6.45) is -0.301. The normalized spacial score (nSPS) is 18.1. The Morgan fingerprint density at radius 3 is 2.93 bits per heavy atom. The van der Waals surface area contributed by atoms with Crippen molar-refractivity contribution in [2.24, 2.45) is 0 Å². The Morgan fingerprint density at radius 1 is 1.28 bits per heavy atom. The van der Waals surface area contributed by atoms with Crippen molar-refractivity contribution in [2.75, 3.05) is 23.4 Å². The maximum absolute atomic E-state index is 12.4. The fraction of sp³-hybridized carbons (Fsp3) is 0.250. The minimum Gasteiger partial charge on any atom is -0.447 e. The smallest absolute Gasteiger partial charge is 0.414 e. The number of rotatable bonds is 5. The van der Waals surface area contributed by atoms with Crippen LogP contribution in [0.5, 0.6) is 0 Å². The van der Waals surface area contributed by atoms with Gasteiger partial charge in [0.1, 0.15) is 6.61 Å². The van der Waals surface area contributed by atoms with Crippen LogP contribution in [-0.2, 0) is 20.9 Å². The van der Waals surface area contributed by atoms with E-state index < -0.39 is 5.25 Å². The molecule has 0 spiro atoms. The molecule has 3 amide bonds. The van der Waals surface area contributed by atoms with Crippen molar-refractivity contribution in [3.63, 3.8) is 0 Å². The lowest BCUT2D eigenvalue weighted by Gasteiger charge is -2.23. The number of nitrogens with one attached hydrogen (secondary N) is 2. The number of hydrogen-bond acceptors (Lipinski definition) is 5. The fourth-order valence-electron chi connectivity index (χ4n) is 3.16. The van der Waals surface area contributed by atoms with E-state index in [0.717, 1.165) is 16.1 Å². The van der Waals surface area contributed by atoms with Gasteiger partial charge >= 0.3 is 6.09 Å². The van der Waals surface area contributed by atoms with Gasteiger partial charge in [0.25, 0.3) is 0 Å². The maximum atomic E-state index is 12.4. The highest BCUT2D eigenvalue weighted by atomic mass is 35.5. The van der Waals surface area contributed by atoms with Gasteiger partial charge in [0.05, 0.1) is 17.5 Å². The molecule has 2 N–H and O–H groups in total. The molecule has 2 aliphatic heterocycles. The van der Waals surface area contributed by atoms with Gasteiger partial charge in [0.2, 0.25) is 11.8 Å². The molecule has 1 saturated heterocycles. The molecule has 0 saturated carbocycles. The van der Waals surface area contributed by atoms with Gasteiger partial charge in [-0.15, -0.1) is 11.8 Å². The minimum atomic E-state index is -0.505. The zero-order valence-corrected chi connectivity index (χ0v) is 16.9. The number of hydrogen-bond donors (Lipinski definition) is 2. The van der Waals surface area contributed by atoms with Crippen molar-refractivity contribution in [3.8, 4) is 0 Å². The Morgan fingerprint density at radius 2 is 2.14 bits per heavy atom. The molecule has 7 nitrogen and oxygen atoms in total. The first-order valence-corrected chi connectivity index (χ1v) is 10.3. The molecule has 0 radical (unpaired) electrons. The first kappa shape index (κ1) is 19.6. The highest BCUT2D eigenvalue weighted by Gasteiger charge is 2.29. The Kier molecular flexibility index (Phi) is 5.64. The molecule has 1 fully saturated rings. The number of carbonyl (C=O) groups excluding carboxylic acids is 3. The summed E-state index contributed by atoms with van der Waals surface area (Å²) in [4.78, 5) is 38.8. The topological polar surface area (TPSA) is 87.7 Å². The largest absolute Gasteiger partial charge is 0.447 e. The standard InChI is InChI=1S/C20H18ClN3O4S/c21-13-4-5-16-15(9-13)23-19(26)17(29-16)10-18(25)22-11-12-2-1-3-14(8-12)24-6-7-28-20(24)27/h1-5,8-9,17H,6-7,10-11H2,(H,22,25)(H,23,26). The van der Waals surface area contributed by atoms with E-state index in [-0.39, 0.29) is 24.3 Å². The summed E-state index contributed by atoms with van der Waals surface area (Å²) in [7, 11) is 0. The first-order valence-electron chi connectivity index (χ1n) is 9.06. The van der Waals surface area contributed by atoms with E-state index >= 15 is 0 Å². The molecule has 2 aliphatic rings. The third-order valence-corrected chi connectivity index (χ3v) is 6.11. The lowest BCUT2D eigenvalue weighted by atomic mass is 10.2. The van der Waals surface area contributed by atoms with Crippen molar-refractivity contribution in [1.29, 1.82) is 0 Å². The van der Waals surface area contributed by atoms with Gasteiger partial charge in [0, 0.05) is 28.6 Å². The van der Waals surface area contributed by atoms with Crippen molar-refractivity contribution in [1.82, 2.24) is 5.32 Å². The number of anilines is 2. The predicted octanol–water partition coefficient (Wildman–Crippen LogP) is 3.42. The molecular formula is C20H18ClN3O4S. The molecule has 0 aliphatic carbocycles. The summed E-state index contributed by atoms with van der Waals surface area (Å²) >= 11 is 7.31. The molecule has 1 atom stereocenters. The second kappa shape index (κ2) is 8.34. The van der Waals surface area contributed by atoms with E-state index in [1.54, 1.807) is 17.0 Å². The number of fused-ring (bicyclic) bond motifs is 1. The highest BCUT2D eigenvalue weighted by Crippen LogP contribution is 2.38. The lowest BCUT2D eigenvalue weighted by molar-refractivity contribution is -0.124. The number of cyclic esters (lactones) is 1. The summed E-state index contributed by atoms with van der Waals surface area (Å²) in [6, 6.07) is 12.6. The predicted molar refractivity (Wildman–Crippen MR) is 111 cm³/mol. The zero-order valence-electron chi connectivity index (χ0n) is 15.3. The van der Waals surface area contributed by atoms with Crippen molar-refractivity contribution in [2.45, 2.75) is 23.1 Å². The number of nitrogens with zero attached hydrogens (tertiary/aromatic N) is 1. The average molecular weight is 432 g/mol. The molecule has 9 heteroatoms. The Bertz CT molecular complexity index is 984. The van der Waals surface area contributed by atoms with Gasteiger partial charge in [-0.2, -0.15) is 0 Å². The van der Waals surface area contributed by atoms with Crippen LogP contribution in [0.3, 0.4) is 0 Å². The summed E-state index contributed by atoms with van der Waals surface area (Å²) in [6.45, 7) is 1.19. The molecule has 2 heterocycles. The minimum absolute atomic E-state index is 0.0662. The third kappa shape index (κ3) is 4.49. The molecule has 0 bridgehead atoms. The van der Waals surface area contributed by atoms with Crippen molar-refractivity contribution < 1.29 is 19.1 Å². The fourth-order valence-corrected chi connectivity index (χ4v) is 4.42. The molecule has 2 aromatic rings. The van der Waals surface area contributed by atoms with Crippen LogP contribution in [0.25, 0.3) is 0 Å². The second-order valence-corrected chi connectivity index (χ2v) is 8.33.